The van der Waals surface area contributed by atoms with Crippen LogP contribution in [-0.2, 0) is 0 Å². The highest BCUT2D eigenvalue weighted by molar-refractivity contribution is 5.67. The molecule has 1 heterocycles. The van der Waals surface area contributed by atoms with Crippen molar-refractivity contribution in [3.05, 3.63) is 42.2 Å². The molecule has 1 aromatic heterocycles. The highest BCUT2D eigenvalue weighted by Gasteiger charge is 2.33. The minimum Gasteiger partial charge on any atom is -0.489 e. The van der Waals surface area contributed by atoms with Gasteiger partial charge in [-0.15, -0.1) is 13.2 Å². The Labute approximate surface area is 160 Å². The van der Waals surface area contributed by atoms with Crippen LogP contribution in [-0.4, -0.2) is 18.0 Å². The topological polar surface area (TPSA) is 31.4 Å². The second kappa shape index (κ2) is 9.21. The van der Waals surface area contributed by atoms with Crippen LogP contribution >= 0.6 is 0 Å². The Bertz CT molecular complexity index is 777. The van der Waals surface area contributed by atoms with Crippen molar-refractivity contribution in [1.29, 1.82) is 0 Å². The van der Waals surface area contributed by atoms with Crippen LogP contribution in [0.3, 0.4) is 0 Å². The van der Waals surface area contributed by atoms with Crippen LogP contribution in [0.4, 0.5) is 22.0 Å². The largest absolute Gasteiger partial charge is 0.573 e. The first-order valence-corrected chi connectivity index (χ1v) is 8.82. The SMILES string of the molecule is CC(C)C[C@H](C)COc1ccc(-c2ccnc(C(F)F)c2)cc1OC(F)(F)F. The summed E-state index contributed by atoms with van der Waals surface area (Å²) in [4.78, 5) is 3.55. The van der Waals surface area contributed by atoms with E-state index < -0.39 is 24.2 Å². The molecule has 0 bridgehead atoms. The molecule has 1 aromatic carbocycles. The van der Waals surface area contributed by atoms with E-state index >= 15 is 0 Å². The van der Waals surface area contributed by atoms with Crippen LogP contribution in [0.15, 0.2) is 36.5 Å². The molecule has 2 aromatic rings. The Morgan fingerprint density at radius 2 is 1.64 bits per heavy atom. The van der Waals surface area contributed by atoms with Crippen molar-refractivity contribution in [2.24, 2.45) is 11.8 Å². The molecule has 8 heteroatoms. The van der Waals surface area contributed by atoms with Crippen molar-refractivity contribution in [3.63, 3.8) is 0 Å². The number of alkyl halides is 5. The maximum atomic E-state index is 12.8. The first kappa shape index (κ1) is 21.9. The number of ether oxygens (including phenoxy) is 2. The van der Waals surface area contributed by atoms with Crippen LogP contribution in [0, 0.1) is 11.8 Å². The fourth-order valence-corrected chi connectivity index (χ4v) is 2.86. The summed E-state index contributed by atoms with van der Waals surface area (Å²) in [6.45, 7) is 6.27. The van der Waals surface area contributed by atoms with Gasteiger partial charge in [0.2, 0.25) is 0 Å². The number of rotatable bonds is 8. The van der Waals surface area contributed by atoms with E-state index in [0.29, 0.717) is 11.5 Å². The Hall–Kier alpha value is -2.38. The van der Waals surface area contributed by atoms with Gasteiger partial charge in [-0.05, 0) is 53.6 Å². The van der Waals surface area contributed by atoms with Gasteiger partial charge in [0.1, 0.15) is 5.69 Å². The standard InChI is InChI=1S/C20H22F5NO2/c1-12(2)8-13(3)11-27-17-5-4-14(10-18(17)28-20(23,24)25)15-6-7-26-16(9-15)19(21)22/h4-7,9-10,12-13,19H,8,11H2,1-3H3/t13-/m0/s1. The summed E-state index contributed by atoms with van der Waals surface area (Å²) in [5.74, 6) is 0.00628. The summed E-state index contributed by atoms with van der Waals surface area (Å²) in [5, 5.41) is 0. The summed E-state index contributed by atoms with van der Waals surface area (Å²) in [6, 6.07) is 6.53. The normalized spacial score (nSPS) is 13.1. The Morgan fingerprint density at radius 1 is 0.964 bits per heavy atom. The van der Waals surface area contributed by atoms with Gasteiger partial charge in [-0.3, -0.25) is 4.98 Å². The van der Waals surface area contributed by atoms with Gasteiger partial charge < -0.3 is 9.47 Å². The molecule has 0 fully saturated rings. The van der Waals surface area contributed by atoms with Gasteiger partial charge in [-0.1, -0.05) is 26.8 Å². The Morgan fingerprint density at radius 3 is 2.25 bits per heavy atom. The van der Waals surface area contributed by atoms with Crippen LogP contribution in [0.1, 0.15) is 39.3 Å². The van der Waals surface area contributed by atoms with Gasteiger partial charge in [0.05, 0.1) is 6.61 Å². The van der Waals surface area contributed by atoms with E-state index in [1.165, 1.54) is 24.4 Å². The summed E-state index contributed by atoms with van der Waals surface area (Å²) in [6.07, 6.45) is -5.65. The van der Waals surface area contributed by atoms with Crippen LogP contribution in [0.2, 0.25) is 0 Å². The van der Waals surface area contributed by atoms with E-state index in [1.54, 1.807) is 0 Å². The third-order valence-electron chi connectivity index (χ3n) is 3.90. The minimum absolute atomic E-state index is 0.0557. The molecule has 154 valence electrons. The lowest BCUT2D eigenvalue weighted by Crippen LogP contribution is -2.18. The highest BCUT2D eigenvalue weighted by atomic mass is 19.4. The predicted molar refractivity (Wildman–Crippen MR) is 95.4 cm³/mol. The van der Waals surface area contributed by atoms with Crippen molar-refractivity contribution in [2.75, 3.05) is 6.61 Å². The lowest BCUT2D eigenvalue weighted by molar-refractivity contribution is -0.275. The molecule has 0 radical (unpaired) electrons. The zero-order chi connectivity index (χ0) is 20.9. The number of hydrogen-bond acceptors (Lipinski definition) is 3. The molecule has 0 N–H and O–H groups in total. The zero-order valence-corrected chi connectivity index (χ0v) is 15.8. The van der Waals surface area contributed by atoms with Crippen molar-refractivity contribution in [1.82, 2.24) is 4.98 Å². The van der Waals surface area contributed by atoms with E-state index in [4.69, 9.17) is 4.74 Å². The zero-order valence-electron chi connectivity index (χ0n) is 15.8. The Kier molecular flexibility index (Phi) is 7.21. The first-order valence-electron chi connectivity index (χ1n) is 8.82. The molecule has 0 saturated carbocycles. The quantitative estimate of drug-likeness (QED) is 0.463. The predicted octanol–water partition coefficient (Wildman–Crippen LogP) is 6.65. The molecule has 0 aliphatic carbocycles. The minimum atomic E-state index is -4.91. The van der Waals surface area contributed by atoms with Crippen LogP contribution < -0.4 is 9.47 Å². The van der Waals surface area contributed by atoms with Gasteiger partial charge in [-0.2, -0.15) is 0 Å². The molecule has 0 aliphatic heterocycles. The molecule has 28 heavy (non-hydrogen) atoms. The Balaban J connectivity index is 2.30. The average Bonchev–Trinajstić information content (AvgIpc) is 2.58. The molecule has 2 rings (SSSR count). The van der Waals surface area contributed by atoms with Crippen molar-refractivity contribution < 1.29 is 31.4 Å². The maximum absolute atomic E-state index is 12.8. The van der Waals surface area contributed by atoms with Crippen molar-refractivity contribution >= 4 is 0 Å². The molecule has 3 nitrogen and oxygen atoms in total. The van der Waals surface area contributed by atoms with Gasteiger partial charge in [-0.25, -0.2) is 8.78 Å². The van der Waals surface area contributed by atoms with E-state index in [1.807, 2.05) is 20.8 Å². The van der Waals surface area contributed by atoms with Gasteiger partial charge >= 0.3 is 6.36 Å². The van der Waals surface area contributed by atoms with Gasteiger partial charge in [0.25, 0.3) is 6.43 Å². The number of hydrogen-bond donors (Lipinski definition) is 0. The second-order valence-electron chi connectivity index (χ2n) is 7.03. The van der Waals surface area contributed by atoms with Crippen molar-refractivity contribution in [3.8, 4) is 22.6 Å². The third-order valence-corrected chi connectivity index (χ3v) is 3.90. The summed E-state index contributed by atoms with van der Waals surface area (Å²) >= 11 is 0. The first-order chi connectivity index (χ1) is 13.0. The van der Waals surface area contributed by atoms with Crippen LogP contribution in [0.25, 0.3) is 11.1 Å². The summed E-state index contributed by atoms with van der Waals surface area (Å²) in [5.41, 5.74) is 0.127. The number of halogens is 5. The van der Waals surface area contributed by atoms with Gasteiger partial charge in [0.15, 0.2) is 11.5 Å². The molecular formula is C20H22F5NO2. The number of aromatic nitrogens is 1. The fraction of sp³-hybridized carbons (Fsp3) is 0.450. The third kappa shape index (κ3) is 6.65. The lowest BCUT2D eigenvalue weighted by Gasteiger charge is -2.18. The molecular weight excluding hydrogens is 381 g/mol. The maximum Gasteiger partial charge on any atom is 0.573 e. The molecule has 1 atom stereocenters. The lowest BCUT2D eigenvalue weighted by atomic mass is 10.00. The molecule has 0 aliphatic rings. The molecule has 0 spiro atoms. The van der Waals surface area contributed by atoms with Gasteiger partial charge in [0, 0.05) is 6.20 Å². The smallest absolute Gasteiger partial charge is 0.489 e. The second-order valence-corrected chi connectivity index (χ2v) is 7.03. The van der Waals surface area contributed by atoms with E-state index in [0.717, 1.165) is 18.6 Å². The highest BCUT2D eigenvalue weighted by Crippen LogP contribution is 2.37. The summed E-state index contributed by atoms with van der Waals surface area (Å²) < 4.78 is 73.7. The van der Waals surface area contributed by atoms with E-state index in [-0.39, 0.29) is 23.8 Å². The van der Waals surface area contributed by atoms with Crippen LogP contribution in [0.5, 0.6) is 11.5 Å². The van der Waals surface area contributed by atoms with E-state index in [2.05, 4.69) is 9.72 Å². The monoisotopic (exact) mass is 403 g/mol. The van der Waals surface area contributed by atoms with E-state index in [9.17, 15) is 22.0 Å². The molecule has 0 saturated heterocycles. The molecule has 0 unspecified atom stereocenters. The average molecular weight is 403 g/mol. The molecule has 0 amide bonds. The van der Waals surface area contributed by atoms with Crippen molar-refractivity contribution in [2.45, 2.75) is 40.0 Å². The fourth-order valence-electron chi connectivity index (χ4n) is 2.86. The number of pyridine rings is 1. The summed E-state index contributed by atoms with van der Waals surface area (Å²) in [7, 11) is 0. The number of nitrogens with zero attached hydrogens (tertiary/aromatic N) is 1. The number of benzene rings is 1.